The molecule has 1 N–H and O–H groups in total. The van der Waals surface area contributed by atoms with Gasteiger partial charge in [0, 0.05) is 11.6 Å². The molecule has 21 heavy (non-hydrogen) atoms. The van der Waals surface area contributed by atoms with E-state index >= 15 is 0 Å². The second kappa shape index (κ2) is 4.50. The summed E-state index contributed by atoms with van der Waals surface area (Å²) in [5.41, 5.74) is 6.22. The standard InChI is InChI=1S/C20H27N/c1-19(2,3)13-9-7-11-15-17(13)18-14(20(4,5)6)10-8-12-16(18)21-15/h7-12,15,17,21H,1-6H3. The molecule has 1 heterocycles. The largest absolute Gasteiger partial charge is 0.378 e. The van der Waals surface area contributed by atoms with Crippen LogP contribution in [0.1, 0.15) is 58.6 Å². The van der Waals surface area contributed by atoms with E-state index in [2.05, 4.69) is 83.3 Å². The van der Waals surface area contributed by atoms with Crippen LogP contribution in [0.3, 0.4) is 0 Å². The number of anilines is 1. The number of fused-ring (bicyclic) bond motifs is 3. The summed E-state index contributed by atoms with van der Waals surface area (Å²) in [6.07, 6.45) is 6.86. The molecule has 1 aromatic rings. The molecule has 1 nitrogen and oxygen atoms in total. The molecule has 0 spiro atoms. The zero-order chi connectivity index (χ0) is 15.4. The van der Waals surface area contributed by atoms with Crippen molar-refractivity contribution in [2.45, 2.75) is 58.9 Å². The van der Waals surface area contributed by atoms with E-state index in [4.69, 9.17) is 0 Å². The van der Waals surface area contributed by atoms with E-state index in [0.29, 0.717) is 12.0 Å². The van der Waals surface area contributed by atoms with Crippen LogP contribution >= 0.6 is 0 Å². The Kier molecular flexibility index (Phi) is 3.09. The van der Waals surface area contributed by atoms with Crippen molar-refractivity contribution in [2.24, 2.45) is 5.41 Å². The predicted molar refractivity (Wildman–Crippen MR) is 92.0 cm³/mol. The topological polar surface area (TPSA) is 12.0 Å². The Morgan fingerprint density at radius 1 is 0.952 bits per heavy atom. The first kappa shape index (κ1) is 14.4. The highest BCUT2D eigenvalue weighted by molar-refractivity contribution is 5.68. The fraction of sp³-hybridized carbons (Fsp3) is 0.500. The minimum Gasteiger partial charge on any atom is -0.378 e. The van der Waals surface area contributed by atoms with E-state index in [1.807, 2.05) is 0 Å². The summed E-state index contributed by atoms with van der Waals surface area (Å²) in [6.45, 7) is 13.9. The van der Waals surface area contributed by atoms with Crippen molar-refractivity contribution in [1.29, 1.82) is 0 Å². The fourth-order valence-corrected chi connectivity index (χ4v) is 3.73. The summed E-state index contributed by atoms with van der Waals surface area (Å²) in [5, 5.41) is 3.72. The average molecular weight is 281 g/mol. The second-order valence-corrected chi connectivity index (χ2v) is 8.42. The molecule has 0 saturated heterocycles. The number of nitrogens with one attached hydrogen (secondary N) is 1. The van der Waals surface area contributed by atoms with Crippen molar-refractivity contribution in [2.75, 3.05) is 5.32 Å². The van der Waals surface area contributed by atoms with E-state index < -0.39 is 0 Å². The Morgan fingerprint density at radius 2 is 1.67 bits per heavy atom. The Balaban J connectivity index is 2.19. The lowest BCUT2D eigenvalue weighted by molar-refractivity contribution is 0.453. The van der Waals surface area contributed by atoms with Crippen LogP contribution in [-0.2, 0) is 5.41 Å². The van der Waals surface area contributed by atoms with E-state index in [1.54, 1.807) is 0 Å². The van der Waals surface area contributed by atoms with Crippen LogP contribution in [0.25, 0.3) is 0 Å². The van der Waals surface area contributed by atoms with Gasteiger partial charge in [0.15, 0.2) is 0 Å². The van der Waals surface area contributed by atoms with Crippen molar-refractivity contribution >= 4 is 5.69 Å². The molecule has 1 aliphatic carbocycles. The van der Waals surface area contributed by atoms with E-state index in [1.165, 1.54) is 22.4 Å². The van der Waals surface area contributed by atoms with Crippen LogP contribution in [0.4, 0.5) is 5.69 Å². The first-order valence-electron chi connectivity index (χ1n) is 7.98. The maximum Gasteiger partial charge on any atom is 0.0554 e. The first-order chi connectivity index (χ1) is 9.69. The summed E-state index contributed by atoms with van der Waals surface area (Å²) >= 11 is 0. The van der Waals surface area contributed by atoms with E-state index in [-0.39, 0.29) is 10.8 Å². The van der Waals surface area contributed by atoms with Crippen LogP contribution in [-0.4, -0.2) is 6.04 Å². The van der Waals surface area contributed by atoms with Gasteiger partial charge in [0.05, 0.1) is 6.04 Å². The minimum absolute atomic E-state index is 0.173. The molecule has 1 aliphatic heterocycles. The first-order valence-corrected chi connectivity index (χ1v) is 7.98. The molecule has 1 aromatic carbocycles. The third kappa shape index (κ3) is 2.33. The Bertz CT molecular complexity index is 620. The molecule has 0 amide bonds. The molecule has 1 heteroatoms. The highest BCUT2D eigenvalue weighted by Gasteiger charge is 2.41. The highest BCUT2D eigenvalue weighted by atomic mass is 15.0. The van der Waals surface area contributed by atoms with Gasteiger partial charge in [-0.25, -0.2) is 0 Å². The van der Waals surface area contributed by atoms with Crippen molar-refractivity contribution in [1.82, 2.24) is 0 Å². The smallest absolute Gasteiger partial charge is 0.0554 e. The molecule has 0 radical (unpaired) electrons. The third-order valence-corrected chi connectivity index (χ3v) is 4.70. The van der Waals surface area contributed by atoms with Crippen LogP contribution < -0.4 is 5.32 Å². The molecule has 3 rings (SSSR count). The van der Waals surface area contributed by atoms with Crippen molar-refractivity contribution in [3.8, 4) is 0 Å². The van der Waals surface area contributed by atoms with Crippen molar-refractivity contribution in [3.63, 3.8) is 0 Å². The normalized spacial score (nSPS) is 24.2. The Morgan fingerprint density at radius 3 is 2.29 bits per heavy atom. The SMILES string of the molecule is CC(C)(C)C1=CC=CC2Nc3cccc(C(C)(C)C)c3C12. The lowest BCUT2D eigenvalue weighted by Gasteiger charge is -2.35. The summed E-state index contributed by atoms with van der Waals surface area (Å²) < 4.78 is 0. The fourth-order valence-electron chi connectivity index (χ4n) is 3.73. The lowest BCUT2D eigenvalue weighted by atomic mass is 9.69. The summed E-state index contributed by atoms with van der Waals surface area (Å²) in [4.78, 5) is 0. The maximum atomic E-state index is 3.72. The Labute approximate surface area is 129 Å². The molecule has 0 bridgehead atoms. The van der Waals surface area contributed by atoms with Crippen LogP contribution in [0, 0.1) is 5.41 Å². The second-order valence-electron chi connectivity index (χ2n) is 8.42. The zero-order valence-electron chi connectivity index (χ0n) is 14.1. The molecule has 2 aliphatic rings. The van der Waals surface area contributed by atoms with E-state index in [0.717, 1.165) is 0 Å². The van der Waals surface area contributed by atoms with Gasteiger partial charge in [0.25, 0.3) is 0 Å². The monoisotopic (exact) mass is 281 g/mol. The maximum absolute atomic E-state index is 3.72. The third-order valence-electron chi connectivity index (χ3n) is 4.70. The molecule has 0 aromatic heterocycles. The lowest BCUT2D eigenvalue weighted by Crippen LogP contribution is -2.28. The van der Waals surface area contributed by atoms with Gasteiger partial charge < -0.3 is 5.32 Å². The quantitative estimate of drug-likeness (QED) is 0.671. The number of allylic oxidation sites excluding steroid dienone is 2. The van der Waals surface area contributed by atoms with Gasteiger partial charge in [-0.05, 0) is 28.0 Å². The molecule has 0 fully saturated rings. The Hall–Kier alpha value is -1.50. The minimum atomic E-state index is 0.173. The number of rotatable bonds is 0. The number of benzene rings is 1. The van der Waals surface area contributed by atoms with Gasteiger partial charge in [-0.15, -0.1) is 0 Å². The van der Waals surface area contributed by atoms with Crippen LogP contribution in [0.2, 0.25) is 0 Å². The van der Waals surface area contributed by atoms with Crippen molar-refractivity contribution in [3.05, 3.63) is 53.1 Å². The van der Waals surface area contributed by atoms with Crippen LogP contribution in [0.15, 0.2) is 42.0 Å². The average Bonchev–Trinajstić information content (AvgIpc) is 2.74. The molecule has 112 valence electrons. The van der Waals surface area contributed by atoms with Crippen molar-refractivity contribution < 1.29 is 0 Å². The summed E-state index contributed by atoms with van der Waals surface area (Å²) in [7, 11) is 0. The number of hydrogen-bond donors (Lipinski definition) is 1. The summed E-state index contributed by atoms with van der Waals surface area (Å²) in [5.74, 6) is 0.473. The van der Waals surface area contributed by atoms with Crippen LogP contribution in [0.5, 0.6) is 0 Å². The van der Waals surface area contributed by atoms with Gasteiger partial charge in [-0.3, -0.25) is 0 Å². The molecule has 2 atom stereocenters. The van der Waals surface area contributed by atoms with Gasteiger partial charge in [-0.1, -0.05) is 77.5 Å². The molecule has 0 saturated carbocycles. The van der Waals surface area contributed by atoms with Gasteiger partial charge in [-0.2, -0.15) is 0 Å². The van der Waals surface area contributed by atoms with Gasteiger partial charge in [0.1, 0.15) is 0 Å². The predicted octanol–water partition coefficient (Wildman–Crippen LogP) is 5.40. The van der Waals surface area contributed by atoms with Gasteiger partial charge in [0.2, 0.25) is 0 Å². The van der Waals surface area contributed by atoms with E-state index in [9.17, 15) is 0 Å². The molecular weight excluding hydrogens is 254 g/mol. The summed E-state index contributed by atoms with van der Waals surface area (Å²) in [6, 6.07) is 7.13. The zero-order valence-corrected chi connectivity index (χ0v) is 14.1. The van der Waals surface area contributed by atoms with Gasteiger partial charge >= 0.3 is 0 Å². The molecular formula is C20H27N. The number of hydrogen-bond acceptors (Lipinski definition) is 1. The highest BCUT2D eigenvalue weighted by Crippen LogP contribution is 2.51. The molecule has 2 unspecified atom stereocenters.